The van der Waals surface area contributed by atoms with Crippen LogP contribution in [0.25, 0.3) is 0 Å². The molecule has 1 atom stereocenters. The third-order valence-corrected chi connectivity index (χ3v) is 7.01. The van der Waals surface area contributed by atoms with E-state index in [-0.39, 0.29) is 29.6 Å². The number of hydrogen-bond acceptors (Lipinski definition) is 4. The number of aliphatic hydroxyl groups is 1. The summed E-state index contributed by atoms with van der Waals surface area (Å²) in [6.45, 7) is 2.52. The fraction of sp³-hybridized carbons (Fsp3) is 1.00. The van der Waals surface area contributed by atoms with Crippen LogP contribution >= 0.6 is 0 Å². The van der Waals surface area contributed by atoms with Crippen LogP contribution in [0.5, 0.6) is 0 Å². The Kier molecular flexibility index (Phi) is 26.0. The third-order valence-electron chi connectivity index (χ3n) is 5.72. The molecule has 0 aliphatic rings. The van der Waals surface area contributed by atoms with Crippen LogP contribution in [-0.4, -0.2) is 29.9 Å². The van der Waals surface area contributed by atoms with E-state index in [1.54, 1.807) is 0 Å². The second-order valence-electron chi connectivity index (χ2n) is 8.43. The van der Waals surface area contributed by atoms with Gasteiger partial charge in [0.25, 0.3) is 0 Å². The predicted octanol–water partition coefficient (Wildman–Crippen LogP) is 3.72. The van der Waals surface area contributed by atoms with Crippen LogP contribution in [0.4, 0.5) is 0 Å². The van der Waals surface area contributed by atoms with E-state index in [4.69, 9.17) is 5.11 Å². The molecule has 0 aromatic rings. The van der Waals surface area contributed by atoms with E-state index >= 15 is 0 Å². The van der Waals surface area contributed by atoms with Gasteiger partial charge in [-0.2, -0.15) is 0 Å². The zero-order chi connectivity index (χ0) is 20.9. The second-order valence-corrected chi connectivity index (χ2v) is 10.1. The zero-order valence-electron chi connectivity index (χ0n) is 19.5. The Labute approximate surface area is 204 Å². The Morgan fingerprint density at radius 1 is 0.621 bits per heavy atom. The monoisotopic (exact) mass is 442 g/mol. The first-order valence-electron chi connectivity index (χ1n) is 12.1. The number of hydrogen-bond donors (Lipinski definition) is 1. The van der Waals surface area contributed by atoms with Crippen molar-refractivity contribution in [1.29, 1.82) is 0 Å². The van der Waals surface area contributed by atoms with Crippen LogP contribution in [0, 0.1) is 0 Å². The molecule has 0 aromatic heterocycles. The molecule has 0 aliphatic carbocycles. The summed E-state index contributed by atoms with van der Waals surface area (Å²) in [5.41, 5.74) is 0. The van der Waals surface area contributed by atoms with E-state index in [1.165, 1.54) is 64.2 Å². The van der Waals surface area contributed by atoms with Crippen molar-refractivity contribution in [1.82, 2.24) is 0 Å². The van der Waals surface area contributed by atoms with E-state index in [0.29, 0.717) is 19.4 Å². The van der Waals surface area contributed by atoms with E-state index < -0.39 is 15.4 Å². The Morgan fingerprint density at radius 2 is 0.931 bits per heavy atom. The molecule has 1 N–H and O–H groups in total. The number of aliphatic hydroxyl groups excluding tert-OH is 1. The molecule has 0 rings (SSSR count). The van der Waals surface area contributed by atoms with Crippen LogP contribution in [0.15, 0.2) is 0 Å². The Morgan fingerprint density at radius 3 is 1.24 bits per heavy atom. The van der Waals surface area contributed by atoms with Gasteiger partial charge in [0.2, 0.25) is 0 Å². The van der Waals surface area contributed by atoms with Crippen LogP contribution in [-0.2, 0) is 10.1 Å². The smallest absolute Gasteiger partial charge is 0.748 e. The molecule has 0 saturated heterocycles. The van der Waals surface area contributed by atoms with E-state index in [9.17, 15) is 13.0 Å². The van der Waals surface area contributed by atoms with Crippen molar-refractivity contribution < 1.29 is 47.6 Å². The van der Waals surface area contributed by atoms with Crippen molar-refractivity contribution in [3.05, 3.63) is 0 Å². The van der Waals surface area contributed by atoms with Crippen LogP contribution in [0.1, 0.15) is 135 Å². The van der Waals surface area contributed by atoms with Gasteiger partial charge in [-0.25, -0.2) is 8.42 Å². The molecule has 0 heterocycles. The van der Waals surface area contributed by atoms with Gasteiger partial charge in [-0.3, -0.25) is 0 Å². The number of unbranched alkanes of at least 4 members (excludes halogenated alkanes) is 16. The van der Waals surface area contributed by atoms with Gasteiger partial charge >= 0.3 is 29.6 Å². The first-order valence-corrected chi connectivity index (χ1v) is 13.5. The van der Waals surface area contributed by atoms with E-state index in [2.05, 4.69) is 6.92 Å². The van der Waals surface area contributed by atoms with Gasteiger partial charge in [-0.05, 0) is 19.3 Å². The minimum absolute atomic E-state index is 0. The fourth-order valence-corrected chi connectivity index (χ4v) is 4.75. The van der Waals surface area contributed by atoms with Crippen LogP contribution in [0.3, 0.4) is 0 Å². The Bertz CT molecular complexity index is 415. The minimum Gasteiger partial charge on any atom is -0.748 e. The fourth-order valence-electron chi connectivity index (χ4n) is 3.84. The summed E-state index contributed by atoms with van der Waals surface area (Å²) < 4.78 is 34.5. The summed E-state index contributed by atoms with van der Waals surface area (Å²) in [5, 5.41) is 8.06. The molecular weight excluding hydrogens is 395 g/mol. The van der Waals surface area contributed by atoms with Gasteiger partial charge in [0.05, 0.1) is 10.1 Å². The summed E-state index contributed by atoms with van der Waals surface area (Å²) in [4.78, 5) is 0. The van der Waals surface area contributed by atoms with E-state index in [0.717, 1.165) is 51.4 Å². The largest absolute Gasteiger partial charge is 1.00 e. The second kappa shape index (κ2) is 23.5. The average Bonchev–Trinajstić information content (AvgIpc) is 2.65. The van der Waals surface area contributed by atoms with Crippen molar-refractivity contribution >= 4 is 10.1 Å². The van der Waals surface area contributed by atoms with E-state index in [1.807, 2.05) is 0 Å². The van der Waals surface area contributed by atoms with Crippen molar-refractivity contribution in [2.24, 2.45) is 0 Å². The van der Waals surface area contributed by atoms with Gasteiger partial charge in [-0.1, -0.05) is 116 Å². The summed E-state index contributed by atoms with van der Waals surface area (Å²) >= 11 is 0. The predicted molar refractivity (Wildman–Crippen MR) is 119 cm³/mol. The normalized spacial score (nSPS) is 12.7. The molecule has 1 unspecified atom stereocenters. The Balaban J connectivity index is 0. The summed E-state index contributed by atoms with van der Waals surface area (Å²) in [6.07, 6.45) is 21.8. The quantitative estimate of drug-likeness (QED) is 0.157. The maximum Gasteiger partial charge on any atom is 1.00 e. The molecule has 0 spiro atoms. The molecule has 0 radical (unpaired) electrons. The summed E-state index contributed by atoms with van der Waals surface area (Å²) in [5.74, 6) is 0. The summed E-state index contributed by atoms with van der Waals surface area (Å²) in [6, 6.07) is 0. The molecule has 6 heteroatoms. The van der Waals surface area contributed by atoms with Crippen molar-refractivity contribution in [2.75, 3.05) is 6.61 Å². The standard InChI is InChI=1S/C23H48O4S.Na/c1-2-3-4-5-6-8-11-14-17-20-23(28(25,26)27)21-18-15-12-9-7-10-13-16-19-22-24;/h23-24H,2-22H2,1H3,(H,25,26,27);/q;+1/p-1. The minimum atomic E-state index is -4.15. The molecule has 0 amide bonds. The molecule has 170 valence electrons. The Hall–Kier alpha value is 0.870. The van der Waals surface area contributed by atoms with Gasteiger partial charge in [0.1, 0.15) is 0 Å². The molecule has 0 aliphatic heterocycles. The first-order chi connectivity index (χ1) is 13.5. The SMILES string of the molecule is CCCCCCCCCCCC(CCCCCCCCCCCO)S(=O)(=O)[O-].[Na+]. The molecule has 0 fully saturated rings. The molecule has 29 heavy (non-hydrogen) atoms. The maximum atomic E-state index is 11.5. The molecule has 0 aromatic carbocycles. The molecular formula is C23H47NaO4S. The maximum absolute atomic E-state index is 11.5. The van der Waals surface area contributed by atoms with Gasteiger partial charge < -0.3 is 9.66 Å². The van der Waals surface area contributed by atoms with Crippen molar-refractivity contribution in [2.45, 2.75) is 141 Å². The average molecular weight is 443 g/mol. The number of rotatable bonds is 22. The summed E-state index contributed by atoms with van der Waals surface area (Å²) in [7, 11) is -4.15. The van der Waals surface area contributed by atoms with Gasteiger partial charge in [0.15, 0.2) is 0 Å². The first kappa shape index (κ1) is 32.1. The molecule has 4 nitrogen and oxygen atoms in total. The molecule has 0 saturated carbocycles. The van der Waals surface area contributed by atoms with Crippen LogP contribution in [0.2, 0.25) is 0 Å². The van der Waals surface area contributed by atoms with Gasteiger partial charge in [-0.15, -0.1) is 0 Å². The third kappa shape index (κ3) is 23.4. The van der Waals surface area contributed by atoms with Crippen molar-refractivity contribution in [3.8, 4) is 0 Å². The topological polar surface area (TPSA) is 77.4 Å². The zero-order valence-corrected chi connectivity index (χ0v) is 22.3. The van der Waals surface area contributed by atoms with Crippen LogP contribution < -0.4 is 29.6 Å². The van der Waals surface area contributed by atoms with Crippen molar-refractivity contribution in [3.63, 3.8) is 0 Å². The van der Waals surface area contributed by atoms with Gasteiger partial charge in [0, 0.05) is 11.9 Å². The molecule has 0 bridgehead atoms.